The molecule has 0 amide bonds. The Morgan fingerprint density at radius 3 is 2.67 bits per heavy atom. The minimum absolute atomic E-state index is 0.0786. The highest BCUT2D eigenvalue weighted by Gasteiger charge is 2.34. The van der Waals surface area contributed by atoms with E-state index in [0.29, 0.717) is 24.9 Å². The summed E-state index contributed by atoms with van der Waals surface area (Å²) in [7, 11) is -3.75. The molecule has 0 aromatic heterocycles. The second-order valence-corrected chi connectivity index (χ2v) is 8.01. The molecule has 4 nitrogen and oxygen atoms in total. The molecule has 0 radical (unpaired) electrons. The van der Waals surface area contributed by atoms with Gasteiger partial charge in [0.25, 0.3) is 0 Å². The maximum atomic E-state index is 13.7. The molecule has 21 heavy (non-hydrogen) atoms. The summed E-state index contributed by atoms with van der Waals surface area (Å²) in [6, 6.07) is 2.16. The lowest BCUT2D eigenvalue weighted by molar-refractivity contribution is 0.281. The van der Waals surface area contributed by atoms with Crippen LogP contribution >= 0.6 is 11.6 Å². The zero-order valence-electron chi connectivity index (χ0n) is 12.0. The average Bonchev–Trinajstić information content (AvgIpc) is 2.92. The Labute approximate surface area is 129 Å². The highest BCUT2D eigenvalue weighted by atomic mass is 35.5. The van der Waals surface area contributed by atoms with Gasteiger partial charge in [-0.25, -0.2) is 12.8 Å². The Morgan fingerprint density at radius 1 is 1.48 bits per heavy atom. The number of nitrogens with zero attached hydrogens (tertiary/aromatic N) is 1. The molecule has 0 bridgehead atoms. The molecule has 1 aliphatic heterocycles. The van der Waals surface area contributed by atoms with Crippen molar-refractivity contribution < 1.29 is 17.9 Å². The van der Waals surface area contributed by atoms with Gasteiger partial charge >= 0.3 is 0 Å². The lowest BCUT2D eigenvalue weighted by Gasteiger charge is -2.19. The third-order valence-corrected chi connectivity index (χ3v) is 6.28. The van der Waals surface area contributed by atoms with Crippen LogP contribution in [0.15, 0.2) is 17.0 Å². The Hall–Kier alpha value is -0.690. The van der Waals surface area contributed by atoms with Gasteiger partial charge in [-0.2, -0.15) is 4.31 Å². The smallest absolute Gasteiger partial charge is 0.243 e. The molecule has 118 valence electrons. The van der Waals surface area contributed by atoms with Crippen LogP contribution in [0, 0.1) is 17.7 Å². The van der Waals surface area contributed by atoms with Crippen molar-refractivity contribution in [2.45, 2.75) is 31.8 Å². The number of aliphatic hydroxyl groups excluding tert-OH is 1. The van der Waals surface area contributed by atoms with Crippen molar-refractivity contribution in [3.63, 3.8) is 0 Å². The predicted octanol–water partition coefficient (Wildman–Crippen LogP) is 2.64. The summed E-state index contributed by atoms with van der Waals surface area (Å²) in [5.41, 5.74) is 0.0786. The molecule has 1 N–H and O–H groups in total. The number of halogens is 2. The topological polar surface area (TPSA) is 57.6 Å². The van der Waals surface area contributed by atoms with Crippen molar-refractivity contribution >= 4 is 21.6 Å². The predicted molar refractivity (Wildman–Crippen MR) is 79.0 cm³/mol. The second-order valence-electron chi connectivity index (χ2n) is 5.69. The van der Waals surface area contributed by atoms with E-state index in [-0.39, 0.29) is 15.5 Å². The summed E-state index contributed by atoms with van der Waals surface area (Å²) >= 11 is 5.70. The molecule has 2 rings (SSSR count). The second kappa shape index (κ2) is 6.20. The monoisotopic (exact) mass is 335 g/mol. The number of benzene rings is 1. The molecule has 1 heterocycles. The van der Waals surface area contributed by atoms with Crippen LogP contribution in [0.3, 0.4) is 0 Å². The van der Waals surface area contributed by atoms with E-state index < -0.39 is 22.4 Å². The number of aliphatic hydroxyl groups is 1. The van der Waals surface area contributed by atoms with Gasteiger partial charge in [0, 0.05) is 18.7 Å². The van der Waals surface area contributed by atoms with E-state index in [1.165, 1.54) is 10.4 Å². The molecule has 1 fully saturated rings. The highest BCUT2D eigenvalue weighted by molar-refractivity contribution is 7.89. The summed E-state index contributed by atoms with van der Waals surface area (Å²) in [6.45, 7) is 4.50. The van der Waals surface area contributed by atoms with Crippen molar-refractivity contribution in [1.29, 1.82) is 0 Å². The first kappa shape index (κ1) is 16.7. The van der Waals surface area contributed by atoms with Crippen molar-refractivity contribution in [3.05, 3.63) is 28.5 Å². The molecule has 1 aromatic carbocycles. The van der Waals surface area contributed by atoms with E-state index in [1.807, 2.05) is 0 Å². The van der Waals surface area contributed by atoms with Gasteiger partial charge in [-0.1, -0.05) is 25.4 Å². The minimum Gasteiger partial charge on any atom is -0.392 e. The third kappa shape index (κ3) is 3.23. The van der Waals surface area contributed by atoms with Crippen molar-refractivity contribution in [2.24, 2.45) is 11.8 Å². The van der Waals surface area contributed by atoms with E-state index in [2.05, 4.69) is 13.8 Å². The fraction of sp³-hybridized carbons (Fsp3) is 0.571. The molecule has 1 unspecified atom stereocenters. The molecule has 0 spiro atoms. The Kier molecular flexibility index (Phi) is 4.92. The van der Waals surface area contributed by atoms with Gasteiger partial charge in [0.1, 0.15) is 5.82 Å². The summed E-state index contributed by atoms with van der Waals surface area (Å²) in [5, 5.41) is 8.92. The highest BCUT2D eigenvalue weighted by Crippen LogP contribution is 2.31. The van der Waals surface area contributed by atoms with Gasteiger partial charge in [0.15, 0.2) is 0 Å². The van der Waals surface area contributed by atoms with E-state index in [4.69, 9.17) is 16.7 Å². The maximum absolute atomic E-state index is 13.7. The maximum Gasteiger partial charge on any atom is 0.243 e. The van der Waals surface area contributed by atoms with Crippen LogP contribution < -0.4 is 0 Å². The molecule has 7 heteroatoms. The first-order chi connectivity index (χ1) is 9.77. The first-order valence-corrected chi connectivity index (χ1v) is 8.68. The molecule has 0 aliphatic carbocycles. The molecule has 1 aliphatic rings. The fourth-order valence-electron chi connectivity index (χ4n) is 2.55. The van der Waals surface area contributed by atoms with E-state index in [0.717, 1.165) is 12.5 Å². The van der Waals surface area contributed by atoms with Crippen LogP contribution in [-0.4, -0.2) is 30.9 Å². The zero-order chi connectivity index (χ0) is 15.8. The normalized spacial score (nSPS) is 20.4. The molecule has 1 atom stereocenters. The van der Waals surface area contributed by atoms with Crippen LogP contribution in [-0.2, 0) is 16.6 Å². The van der Waals surface area contributed by atoms with Crippen LogP contribution in [0.5, 0.6) is 0 Å². The minimum atomic E-state index is -3.75. The van der Waals surface area contributed by atoms with Gasteiger partial charge < -0.3 is 5.11 Å². The Morgan fingerprint density at radius 2 is 2.14 bits per heavy atom. The molecular weight excluding hydrogens is 317 g/mol. The average molecular weight is 336 g/mol. The van der Waals surface area contributed by atoms with Gasteiger partial charge in [-0.15, -0.1) is 0 Å². The summed E-state index contributed by atoms with van der Waals surface area (Å²) in [6.07, 6.45) is 0.805. The fourth-order valence-corrected chi connectivity index (χ4v) is 4.29. The van der Waals surface area contributed by atoms with Crippen LogP contribution in [0.1, 0.15) is 25.8 Å². The summed E-state index contributed by atoms with van der Waals surface area (Å²) in [4.78, 5) is -0.155. The zero-order valence-corrected chi connectivity index (χ0v) is 13.6. The van der Waals surface area contributed by atoms with Crippen LogP contribution in [0.2, 0.25) is 5.02 Å². The third-order valence-electron chi connectivity index (χ3n) is 4.02. The van der Waals surface area contributed by atoms with Gasteiger partial charge in [-0.3, -0.25) is 0 Å². The first-order valence-electron chi connectivity index (χ1n) is 6.86. The lowest BCUT2D eigenvalue weighted by atomic mass is 9.96. The quantitative estimate of drug-likeness (QED) is 0.920. The van der Waals surface area contributed by atoms with Crippen molar-refractivity contribution in [3.8, 4) is 0 Å². The van der Waals surface area contributed by atoms with Crippen molar-refractivity contribution in [2.75, 3.05) is 13.1 Å². The Bertz CT molecular complexity index is 633. The molecule has 0 saturated carbocycles. The molecular formula is C14H19ClFNO3S. The standard InChI is InChI=1S/C14H19ClFNO3S/c1-9(2)10-3-4-17(7-10)21(19,20)12-5-11(8-18)14(15)13(16)6-12/h5-6,9-10,18H,3-4,7-8H2,1-2H3. The summed E-state index contributed by atoms with van der Waals surface area (Å²) in [5.74, 6) is -0.115. The number of hydrogen-bond acceptors (Lipinski definition) is 3. The largest absolute Gasteiger partial charge is 0.392 e. The lowest BCUT2D eigenvalue weighted by Crippen LogP contribution is -2.29. The van der Waals surface area contributed by atoms with E-state index >= 15 is 0 Å². The van der Waals surface area contributed by atoms with Gasteiger partial charge in [0.2, 0.25) is 10.0 Å². The van der Waals surface area contributed by atoms with Crippen molar-refractivity contribution in [1.82, 2.24) is 4.31 Å². The number of sulfonamides is 1. The van der Waals surface area contributed by atoms with E-state index in [9.17, 15) is 12.8 Å². The van der Waals surface area contributed by atoms with Crippen LogP contribution in [0.4, 0.5) is 4.39 Å². The number of hydrogen-bond donors (Lipinski definition) is 1. The Balaban J connectivity index is 2.35. The van der Waals surface area contributed by atoms with Crippen LogP contribution in [0.25, 0.3) is 0 Å². The van der Waals surface area contributed by atoms with Gasteiger partial charge in [0.05, 0.1) is 16.5 Å². The van der Waals surface area contributed by atoms with Gasteiger partial charge in [-0.05, 0) is 30.4 Å². The summed E-state index contributed by atoms with van der Waals surface area (Å²) < 4.78 is 40.2. The van der Waals surface area contributed by atoms with E-state index in [1.54, 1.807) is 0 Å². The molecule has 1 saturated heterocycles. The SMILES string of the molecule is CC(C)C1CCN(S(=O)(=O)c2cc(F)c(Cl)c(CO)c2)C1. The molecule has 1 aromatic rings. The number of rotatable bonds is 4.